The Morgan fingerprint density at radius 1 is 0.600 bits per heavy atom. The van der Waals surface area contributed by atoms with Crippen molar-refractivity contribution in [3.05, 3.63) is 0 Å². The number of rotatable bonds is 1. The van der Waals surface area contributed by atoms with Crippen LogP contribution in [0.1, 0.15) is 77.0 Å². The molecule has 0 aromatic carbocycles. The molecule has 0 heterocycles. The summed E-state index contributed by atoms with van der Waals surface area (Å²) in [7, 11) is 0. The van der Waals surface area contributed by atoms with Crippen LogP contribution in [-0.2, 0) is 0 Å². The minimum absolute atomic E-state index is 0.812. The van der Waals surface area contributed by atoms with Crippen LogP contribution in [0.4, 0.5) is 0 Å². The molecule has 0 atom stereocenters. The normalized spacial score (nSPS) is 23.8. The third-order valence-corrected chi connectivity index (χ3v) is 4.13. The fourth-order valence-electron chi connectivity index (χ4n) is 2.58. The summed E-state index contributed by atoms with van der Waals surface area (Å²) in [6.45, 7) is 0. The van der Waals surface area contributed by atoms with Crippen molar-refractivity contribution in [3.63, 3.8) is 0 Å². The standard InChI is InChI=1S/C14H27Cl/c15-13-14-11-9-7-5-3-1-2-4-6-8-10-12-14/h14H,1-13H2. The van der Waals surface area contributed by atoms with Gasteiger partial charge in [-0.15, -0.1) is 11.6 Å². The van der Waals surface area contributed by atoms with Crippen LogP contribution in [-0.4, -0.2) is 5.88 Å². The zero-order chi connectivity index (χ0) is 10.8. The summed E-state index contributed by atoms with van der Waals surface area (Å²) >= 11 is 6.01. The van der Waals surface area contributed by atoms with Crippen molar-refractivity contribution in [2.45, 2.75) is 77.0 Å². The summed E-state index contributed by atoms with van der Waals surface area (Å²) in [5, 5.41) is 0. The molecule has 0 bridgehead atoms. The maximum absolute atomic E-state index is 6.01. The van der Waals surface area contributed by atoms with E-state index in [-0.39, 0.29) is 0 Å². The zero-order valence-corrected chi connectivity index (χ0v) is 10.9. The number of alkyl halides is 1. The van der Waals surface area contributed by atoms with Gasteiger partial charge in [0.25, 0.3) is 0 Å². The van der Waals surface area contributed by atoms with E-state index in [1.54, 1.807) is 0 Å². The van der Waals surface area contributed by atoms with E-state index in [4.69, 9.17) is 11.6 Å². The fourth-order valence-corrected chi connectivity index (χ4v) is 2.89. The van der Waals surface area contributed by atoms with Crippen molar-refractivity contribution in [1.29, 1.82) is 0 Å². The SMILES string of the molecule is ClCC1CCCCCCCCCCCC1. The molecule has 15 heavy (non-hydrogen) atoms. The number of halogens is 1. The van der Waals surface area contributed by atoms with Crippen LogP contribution in [0.2, 0.25) is 0 Å². The third kappa shape index (κ3) is 7.22. The monoisotopic (exact) mass is 230 g/mol. The molecule has 0 aromatic rings. The van der Waals surface area contributed by atoms with Gasteiger partial charge in [-0.25, -0.2) is 0 Å². The van der Waals surface area contributed by atoms with Crippen molar-refractivity contribution in [2.24, 2.45) is 5.92 Å². The summed E-state index contributed by atoms with van der Waals surface area (Å²) in [6.07, 6.45) is 17.2. The Balaban J connectivity index is 2.17. The molecule has 0 spiro atoms. The highest BCUT2D eigenvalue weighted by molar-refractivity contribution is 6.18. The summed E-state index contributed by atoms with van der Waals surface area (Å²) in [4.78, 5) is 0. The van der Waals surface area contributed by atoms with Crippen LogP contribution in [0.15, 0.2) is 0 Å². The van der Waals surface area contributed by atoms with Crippen LogP contribution in [0, 0.1) is 5.92 Å². The Labute approximate surface area is 101 Å². The van der Waals surface area contributed by atoms with Crippen molar-refractivity contribution in [3.8, 4) is 0 Å². The van der Waals surface area contributed by atoms with Gasteiger partial charge in [-0.3, -0.25) is 0 Å². The van der Waals surface area contributed by atoms with Gasteiger partial charge in [-0.1, -0.05) is 64.2 Å². The van der Waals surface area contributed by atoms with Crippen molar-refractivity contribution in [1.82, 2.24) is 0 Å². The van der Waals surface area contributed by atoms with Gasteiger partial charge >= 0.3 is 0 Å². The highest BCUT2D eigenvalue weighted by atomic mass is 35.5. The molecule has 0 aromatic heterocycles. The summed E-state index contributed by atoms with van der Waals surface area (Å²) in [5.41, 5.74) is 0. The van der Waals surface area contributed by atoms with Crippen molar-refractivity contribution < 1.29 is 0 Å². The largest absolute Gasteiger partial charge is 0.126 e. The molecular weight excluding hydrogens is 204 g/mol. The molecule has 0 N–H and O–H groups in total. The lowest BCUT2D eigenvalue weighted by Crippen LogP contribution is -2.02. The number of hydrogen-bond acceptors (Lipinski definition) is 0. The predicted octanol–water partition coefficient (Wildman–Crippen LogP) is 5.54. The van der Waals surface area contributed by atoms with Gasteiger partial charge in [0.1, 0.15) is 0 Å². The van der Waals surface area contributed by atoms with Crippen LogP contribution in [0.25, 0.3) is 0 Å². The second kappa shape index (κ2) is 9.51. The number of hydrogen-bond donors (Lipinski definition) is 0. The van der Waals surface area contributed by atoms with Crippen LogP contribution < -0.4 is 0 Å². The average Bonchev–Trinajstić information content (AvgIpc) is 2.29. The lowest BCUT2D eigenvalue weighted by molar-refractivity contribution is 0.443. The van der Waals surface area contributed by atoms with E-state index in [1.807, 2.05) is 0 Å². The molecular formula is C14H27Cl. The molecule has 0 unspecified atom stereocenters. The first-order chi connectivity index (χ1) is 7.43. The molecule has 1 fully saturated rings. The predicted molar refractivity (Wildman–Crippen MR) is 69.6 cm³/mol. The highest BCUT2D eigenvalue weighted by Crippen LogP contribution is 2.21. The zero-order valence-electron chi connectivity index (χ0n) is 10.1. The molecule has 90 valence electrons. The summed E-state index contributed by atoms with van der Waals surface area (Å²) < 4.78 is 0. The summed E-state index contributed by atoms with van der Waals surface area (Å²) in [6, 6.07) is 0. The second-order valence-electron chi connectivity index (χ2n) is 5.13. The third-order valence-electron chi connectivity index (χ3n) is 3.69. The van der Waals surface area contributed by atoms with Gasteiger partial charge in [0.05, 0.1) is 0 Å². The average molecular weight is 231 g/mol. The van der Waals surface area contributed by atoms with Gasteiger partial charge in [-0.2, -0.15) is 0 Å². The van der Waals surface area contributed by atoms with Gasteiger partial charge in [0, 0.05) is 5.88 Å². The van der Waals surface area contributed by atoms with E-state index in [1.165, 1.54) is 77.0 Å². The molecule has 0 saturated heterocycles. The molecule has 1 aliphatic carbocycles. The van der Waals surface area contributed by atoms with Gasteiger partial charge in [0.2, 0.25) is 0 Å². The van der Waals surface area contributed by atoms with Crippen molar-refractivity contribution in [2.75, 3.05) is 5.88 Å². The van der Waals surface area contributed by atoms with E-state index < -0.39 is 0 Å². The maximum Gasteiger partial charge on any atom is 0.0251 e. The van der Waals surface area contributed by atoms with E-state index >= 15 is 0 Å². The Bertz CT molecular complexity index is 119. The van der Waals surface area contributed by atoms with E-state index in [9.17, 15) is 0 Å². The molecule has 0 aliphatic heterocycles. The second-order valence-corrected chi connectivity index (χ2v) is 5.44. The minimum atomic E-state index is 0.812. The van der Waals surface area contributed by atoms with E-state index in [2.05, 4.69) is 0 Å². The van der Waals surface area contributed by atoms with Gasteiger partial charge in [0.15, 0.2) is 0 Å². The Kier molecular flexibility index (Phi) is 8.47. The lowest BCUT2D eigenvalue weighted by Gasteiger charge is -2.12. The molecule has 0 amide bonds. The van der Waals surface area contributed by atoms with Gasteiger partial charge < -0.3 is 0 Å². The molecule has 1 saturated carbocycles. The van der Waals surface area contributed by atoms with Crippen LogP contribution in [0.3, 0.4) is 0 Å². The molecule has 0 nitrogen and oxygen atoms in total. The topological polar surface area (TPSA) is 0 Å². The lowest BCUT2D eigenvalue weighted by atomic mass is 9.96. The molecule has 0 radical (unpaired) electrons. The maximum atomic E-state index is 6.01. The minimum Gasteiger partial charge on any atom is -0.126 e. The molecule has 1 aliphatic rings. The summed E-state index contributed by atoms with van der Waals surface area (Å²) in [5.74, 6) is 1.70. The van der Waals surface area contributed by atoms with Crippen molar-refractivity contribution >= 4 is 11.6 Å². The quantitative estimate of drug-likeness (QED) is 0.519. The van der Waals surface area contributed by atoms with Gasteiger partial charge in [-0.05, 0) is 18.8 Å². The first-order valence-electron chi connectivity index (χ1n) is 6.99. The first-order valence-corrected chi connectivity index (χ1v) is 7.53. The Morgan fingerprint density at radius 3 is 1.27 bits per heavy atom. The van der Waals surface area contributed by atoms with E-state index in [0.717, 1.165) is 11.8 Å². The highest BCUT2D eigenvalue weighted by Gasteiger charge is 2.07. The van der Waals surface area contributed by atoms with Crippen LogP contribution in [0.5, 0.6) is 0 Å². The van der Waals surface area contributed by atoms with Crippen LogP contribution >= 0.6 is 11.6 Å². The molecule has 1 heteroatoms. The Hall–Kier alpha value is 0.290. The molecule has 1 rings (SSSR count). The van der Waals surface area contributed by atoms with E-state index in [0.29, 0.717) is 0 Å². The first kappa shape index (κ1) is 13.4. The fraction of sp³-hybridized carbons (Fsp3) is 1.00. The Morgan fingerprint density at radius 2 is 0.933 bits per heavy atom. The smallest absolute Gasteiger partial charge is 0.0251 e.